The van der Waals surface area contributed by atoms with Gasteiger partial charge in [0.2, 0.25) is 5.78 Å². The number of hydrogen-bond donors (Lipinski definition) is 0. The second-order valence-electron chi connectivity index (χ2n) is 3.80. The molecule has 94 valence electrons. The third-order valence-electron chi connectivity index (χ3n) is 2.36. The quantitative estimate of drug-likeness (QED) is 0.628. The first kappa shape index (κ1) is 13.0. The van der Waals surface area contributed by atoms with Gasteiger partial charge in [-0.1, -0.05) is 15.9 Å². The molecule has 5 heteroatoms. The maximum Gasteiger partial charge on any atom is 0.211 e. The number of furan rings is 1. The molecule has 1 atom stereocenters. The summed E-state index contributed by atoms with van der Waals surface area (Å²) in [6.45, 7) is 1.67. The van der Waals surface area contributed by atoms with Crippen molar-refractivity contribution >= 4 is 21.7 Å². The van der Waals surface area contributed by atoms with Crippen molar-refractivity contribution in [1.29, 1.82) is 0 Å². The summed E-state index contributed by atoms with van der Waals surface area (Å²) in [6, 6.07) is 6.07. The van der Waals surface area contributed by atoms with E-state index in [1.165, 1.54) is 12.1 Å². The summed E-state index contributed by atoms with van der Waals surface area (Å²) in [5.74, 6) is -1.20. The minimum atomic E-state index is -0.692. The van der Waals surface area contributed by atoms with Gasteiger partial charge in [0.25, 0.3) is 0 Å². The molecule has 0 radical (unpaired) electrons. The van der Waals surface area contributed by atoms with E-state index >= 15 is 0 Å². The van der Waals surface area contributed by atoms with E-state index in [1.54, 1.807) is 6.92 Å². The fourth-order valence-electron chi connectivity index (χ4n) is 1.52. The van der Waals surface area contributed by atoms with Gasteiger partial charge >= 0.3 is 0 Å². The number of carbonyl (C=O) groups is 1. The van der Waals surface area contributed by atoms with Crippen LogP contribution in [0, 0.1) is 11.6 Å². The highest BCUT2D eigenvalue weighted by atomic mass is 79.9. The second kappa shape index (κ2) is 5.02. The Morgan fingerprint density at radius 1 is 1.22 bits per heavy atom. The summed E-state index contributed by atoms with van der Waals surface area (Å²) in [5, 5.41) is 0. The number of ketones is 1. The third-order valence-corrected chi connectivity index (χ3v) is 2.77. The number of hydrogen-bond acceptors (Lipinski definition) is 2. The van der Waals surface area contributed by atoms with Gasteiger partial charge in [0.05, 0.1) is 4.83 Å². The molecule has 0 amide bonds. The lowest BCUT2D eigenvalue weighted by Crippen LogP contribution is -2.08. The monoisotopic (exact) mass is 314 g/mol. The number of rotatable bonds is 3. The van der Waals surface area contributed by atoms with E-state index in [9.17, 15) is 13.6 Å². The van der Waals surface area contributed by atoms with Crippen LogP contribution in [0.5, 0.6) is 0 Å². The molecular formula is C13H9BrF2O2. The normalized spacial score (nSPS) is 12.4. The summed E-state index contributed by atoms with van der Waals surface area (Å²) in [4.78, 5) is 11.3. The van der Waals surface area contributed by atoms with E-state index in [4.69, 9.17) is 4.42 Å². The third kappa shape index (κ3) is 2.67. The van der Waals surface area contributed by atoms with Crippen molar-refractivity contribution in [3.63, 3.8) is 0 Å². The van der Waals surface area contributed by atoms with Crippen molar-refractivity contribution in [3.8, 4) is 11.3 Å². The minimum absolute atomic E-state index is 0.152. The highest BCUT2D eigenvalue weighted by molar-refractivity contribution is 9.10. The first-order chi connectivity index (χ1) is 8.47. The Labute approximate surface area is 111 Å². The zero-order valence-corrected chi connectivity index (χ0v) is 11.0. The lowest BCUT2D eigenvalue weighted by Gasteiger charge is -2.00. The largest absolute Gasteiger partial charge is 0.453 e. The molecule has 1 aromatic heterocycles. The summed E-state index contributed by atoms with van der Waals surface area (Å²) in [5.41, 5.74) is 0.258. The molecule has 0 aliphatic heterocycles. The summed E-state index contributed by atoms with van der Waals surface area (Å²) >= 11 is 3.14. The minimum Gasteiger partial charge on any atom is -0.453 e. The second-order valence-corrected chi connectivity index (χ2v) is 5.18. The van der Waals surface area contributed by atoms with E-state index in [2.05, 4.69) is 15.9 Å². The molecule has 2 aromatic rings. The van der Waals surface area contributed by atoms with Crippen LogP contribution in [-0.2, 0) is 0 Å². The van der Waals surface area contributed by atoms with Crippen LogP contribution in [0.3, 0.4) is 0 Å². The Morgan fingerprint density at radius 3 is 2.39 bits per heavy atom. The van der Waals surface area contributed by atoms with Crippen LogP contribution in [-0.4, -0.2) is 10.6 Å². The van der Waals surface area contributed by atoms with Gasteiger partial charge in [-0.2, -0.15) is 0 Å². The number of alkyl halides is 1. The van der Waals surface area contributed by atoms with Crippen molar-refractivity contribution in [2.45, 2.75) is 11.8 Å². The van der Waals surface area contributed by atoms with Crippen LogP contribution >= 0.6 is 15.9 Å². The van der Waals surface area contributed by atoms with Crippen molar-refractivity contribution in [2.24, 2.45) is 0 Å². The summed E-state index contributed by atoms with van der Waals surface area (Å²) in [6.07, 6.45) is 0. The summed E-state index contributed by atoms with van der Waals surface area (Å²) in [7, 11) is 0. The zero-order chi connectivity index (χ0) is 13.3. The summed E-state index contributed by atoms with van der Waals surface area (Å²) < 4.78 is 31.4. The van der Waals surface area contributed by atoms with E-state index in [0.29, 0.717) is 0 Å². The van der Waals surface area contributed by atoms with Crippen molar-refractivity contribution < 1.29 is 18.0 Å². The predicted octanol–water partition coefficient (Wildman–Crippen LogP) is 4.19. The topological polar surface area (TPSA) is 30.2 Å². The fourth-order valence-corrected chi connectivity index (χ4v) is 1.74. The van der Waals surface area contributed by atoms with E-state index < -0.39 is 11.6 Å². The maximum absolute atomic E-state index is 13.1. The Bertz CT molecular complexity index is 570. The predicted molar refractivity (Wildman–Crippen MR) is 66.8 cm³/mol. The van der Waals surface area contributed by atoms with Gasteiger partial charge in [0, 0.05) is 11.6 Å². The lowest BCUT2D eigenvalue weighted by molar-refractivity contribution is 0.0970. The van der Waals surface area contributed by atoms with Gasteiger partial charge in [0.1, 0.15) is 17.4 Å². The number of carbonyl (C=O) groups excluding carboxylic acids is 1. The number of halogens is 3. The molecule has 1 heterocycles. The molecule has 18 heavy (non-hydrogen) atoms. The van der Waals surface area contributed by atoms with Gasteiger partial charge < -0.3 is 4.42 Å². The van der Waals surface area contributed by atoms with Crippen molar-refractivity contribution in [1.82, 2.24) is 0 Å². The van der Waals surface area contributed by atoms with Crippen LogP contribution in [0.25, 0.3) is 11.3 Å². The van der Waals surface area contributed by atoms with Crippen LogP contribution in [0.4, 0.5) is 8.78 Å². The van der Waals surface area contributed by atoms with Crippen molar-refractivity contribution in [3.05, 3.63) is 47.7 Å². The first-order valence-electron chi connectivity index (χ1n) is 5.22. The molecule has 1 aromatic carbocycles. The number of Topliss-reactive ketones (excluding diaryl/α,β-unsaturated/α-hetero) is 1. The Hall–Kier alpha value is -1.49. The molecule has 0 bridgehead atoms. The highest BCUT2D eigenvalue weighted by Gasteiger charge is 2.17. The molecule has 0 aliphatic rings. The fraction of sp³-hybridized carbons (Fsp3) is 0.154. The van der Waals surface area contributed by atoms with Crippen LogP contribution in [0.2, 0.25) is 0 Å². The van der Waals surface area contributed by atoms with Gasteiger partial charge in [0.15, 0.2) is 5.76 Å². The highest BCUT2D eigenvalue weighted by Crippen LogP contribution is 2.25. The van der Waals surface area contributed by atoms with Crippen LogP contribution in [0.15, 0.2) is 34.7 Å². The molecule has 2 nitrogen and oxygen atoms in total. The van der Waals surface area contributed by atoms with Crippen LogP contribution in [0.1, 0.15) is 17.5 Å². The zero-order valence-electron chi connectivity index (χ0n) is 9.41. The first-order valence-corrected chi connectivity index (χ1v) is 6.13. The molecule has 2 rings (SSSR count). The SMILES string of the molecule is CC(Br)C(=O)c1ccc(-c2cc(F)cc(F)c2)o1. The molecule has 0 spiro atoms. The van der Waals surface area contributed by atoms with Gasteiger partial charge in [-0.15, -0.1) is 0 Å². The molecule has 0 fully saturated rings. The van der Waals surface area contributed by atoms with E-state index in [0.717, 1.165) is 18.2 Å². The van der Waals surface area contributed by atoms with Crippen LogP contribution < -0.4 is 0 Å². The molecule has 0 saturated heterocycles. The Balaban J connectivity index is 2.38. The van der Waals surface area contributed by atoms with E-state index in [1.807, 2.05) is 0 Å². The molecule has 0 N–H and O–H groups in total. The number of benzene rings is 1. The van der Waals surface area contributed by atoms with Gasteiger partial charge in [-0.05, 0) is 31.2 Å². The lowest BCUT2D eigenvalue weighted by atomic mass is 10.1. The molecule has 1 unspecified atom stereocenters. The Morgan fingerprint density at radius 2 is 1.83 bits per heavy atom. The average molecular weight is 315 g/mol. The smallest absolute Gasteiger partial charge is 0.211 e. The van der Waals surface area contributed by atoms with E-state index in [-0.39, 0.29) is 27.7 Å². The van der Waals surface area contributed by atoms with Crippen molar-refractivity contribution in [2.75, 3.05) is 0 Å². The van der Waals surface area contributed by atoms with Gasteiger partial charge in [-0.25, -0.2) is 8.78 Å². The van der Waals surface area contributed by atoms with Gasteiger partial charge in [-0.3, -0.25) is 4.79 Å². The average Bonchev–Trinajstić information content (AvgIpc) is 2.75. The molecule has 0 saturated carbocycles. The maximum atomic E-state index is 13.1. The Kier molecular flexibility index (Phi) is 3.61. The molecule has 0 aliphatic carbocycles. The molecular weight excluding hydrogens is 306 g/mol. The standard InChI is InChI=1S/C13H9BrF2O2/c1-7(14)13(17)12-3-2-11(18-12)8-4-9(15)6-10(16)5-8/h2-7H,1H3.